The van der Waals surface area contributed by atoms with Crippen LogP contribution in [0.5, 0.6) is 5.88 Å². The Morgan fingerprint density at radius 2 is 2.03 bits per heavy atom. The second-order valence-electron chi connectivity index (χ2n) is 7.70. The van der Waals surface area contributed by atoms with E-state index in [0.717, 1.165) is 12.8 Å². The first-order valence-corrected chi connectivity index (χ1v) is 10.5. The molecule has 0 spiro atoms. The minimum Gasteiger partial charge on any atom is -0.473 e. The molecule has 2 saturated heterocycles. The first-order chi connectivity index (χ1) is 15.8. The normalized spacial score (nSPS) is 18.3. The van der Waals surface area contributed by atoms with E-state index in [-0.39, 0.29) is 35.1 Å². The van der Waals surface area contributed by atoms with Crippen LogP contribution < -0.4 is 16.2 Å². The molecule has 0 unspecified atom stereocenters. The Morgan fingerprint density at radius 1 is 1.30 bits per heavy atom. The number of hydrogen-bond donors (Lipinski definition) is 3. The summed E-state index contributed by atoms with van der Waals surface area (Å²) in [5, 5.41) is 8.78. The molecule has 4 rings (SSSR count). The molecule has 0 saturated carbocycles. The molecule has 0 radical (unpaired) electrons. The molecule has 2 aliphatic rings. The highest BCUT2D eigenvalue weighted by Crippen LogP contribution is 2.28. The van der Waals surface area contributed by atoms with Gasteiger partial charge in [0.1, 0.15) is 17.9 Å². The van der Waals surface area contributed by atoms with Gasteiger partial charge in [0.15, 0.2) is 11.5 Å². The number of anilines is 1. The summed E-state index contributed by atoms with van der Waals surface area (Å²) in [6, 6.07) is 7.10. The molecule has 3 heterocycles. The number of rotatable bonds is 4. The number of carbonyl (C=O) groups excluding carboxylic acids is 2. The molecule has 1 atom stereocenters. The van der Waals surface area contributed by atoms with Gasteiger partial charge in [-0.15, -0.1) is 6.42 Å². The lowest BCUT2D eigenvalue weighted by atomic mass is 10.1. The van der Waals surface area contributed by atoms with Crippen LogP contribution in [0.1, 0.15) is 35.3 Å². The number of nitrogens with two attached hydrogens (primary N) is 2. The Morgan fingerprint density at radius 3 is 2.58 bits per heavy atom. The smallest absolute Gasteiger partial charge is 0.269 e. The zero-order chi connectivity index (χ0) is 24.0. The van der Waals surface area contributed by atoms with Crippen molar-refractivity contribution >= 4 is 17.5 Å². The maximum absolute atomic E-state index is 11.7. The van der Waals surface area contributed by atoms with Crippen molar-refractivity contribution in [3.8, 4) is 29.6 Å². The lowest BCUT2D eigenvalue weighted by Gasteiger charge is -2.23. The van der Waals surface area contributed by atoms with Crippen LogP contribution in [0.4, 0.5) is 5.69 Å². The van der Waals surface area contributed by atoms with E-state index in [1.807, 2.05) is 0 Å². The van der Waals surface area contributed by atoms with Gasteiger partial charge < -0.3 is 30.9 Å². The van der Waals surface area contributed by atoms with Gasteiger partial charge >= 0.3 is 0 Å². The number of nitrogen functional groups attached to an aromatic ring is 1. The number of hydrogen-bond acceptors (Lipinski definition) is 8. The number of ether oxygens (including phenoxy) is 2. The Hall–Kier alpha value is -3.68. The maximum atomic E-state index is 11.7. The highest BCUT2D eigenvalue weighted by molar-refractivity contribution is 5.97. The highest BCUT2D eigenvalue weighted by Gasteiger charge is 2.26. The molecule has 10 nitrogen and oxygen atoms in total. The average Bonchev–Trinajstić information content (AvgIpc) is 3.12. The number of nitrogens with zero attached hydrogens (tertiary/aromatic N) is 3. The summed E-state index contributed by atoms with van der Waals surface area (Å²) in [6.45, 7) is 1.91. The van der Waals surface area contributed by atoms with Crippen molar-refractivity contribution in [2.24, 2.45) is 5.73 Å². The van der Waals surface area contributed by atoms with Crippen LogP contribution in [0.3, 0.4) is 0 Å². The number of primary amides is 1. The summed E-state index contributed by atoms with van der Waals surface area (Å²) in [4.78, 5) is 32.4. The molecular weight excluding hydrogens is 426 g/mol. The van der Waals surface area contributed by atoms with Crippen LogP contribution in [0.2, 0.25) is 0 Å². The van der Waals surface area contributed by atoms with Gasteiger partial charge in [0, 0.05) is 37.6 Å². The Labute approximate surface area is 191 Å². The molecule has 2 fully saturated rings. The third-order valence-corrected chi connectivity index (χ3v) is 5.28. The summed E-state index contributed by atoms with van der Waals surface area (Å²) in [5.74, 6) is 2.09. The van der Waals surface area contributed by atoms with Gasteiger partial charge in [-0.2, -0.15) is 4.98 Å². The Balaban J connectivity index is 0.000000323. The van der Waals surface area contributed by atoms with Gasteiger partial charge in [0.05, 0.1) is 13.2 Å². The SMILES string of the molecule is C#Cc1cccc(-c2nc(OC3CCOCC3)c(N)c(C(N)=O)n2)c1.CN1CC[C@H](O)C1=O. The van der Waals surface area contributed by atoms with Gasteiger partial charge in [-0.3, -0.25) is 9.59 Å². The van der Waals surface area contributed by atoms with Crippen LogP contribution in [-0.4, -0.2) is 70.8 Å². The molecule has 5 N–H and O–H groups in total. The standard InChI is InChI=1S/C18H18N4O3.C5H9NO2/c1-2-11-4-3-5-12(10-11)17-21-15(16(20)23)14(19)18(22-17)25-13-6-8-24-9-7-13;1-6-3-2-4(7)5(6)8/h1,3-5,10,13H,6-9,19H2,(H2,20,23);4,7H,2-3H2,1H3/t;4-/m.0/s1. The molecule has 1 aromatic carbocycles. The zero-order valence-corrected chi connectivity index (χ0v) is 18.4. The minimum atomic E-state index is -0.744. The molecule has 0 aliphatic carbocycles. The molecule has 2 aliphatic heterocycles. The monoisotopic (exact) mass is 453 g/mol. The number of aromatic nitrogens is 2. The van der Waals surface area contributed by atoms with E-state index < -0.39 is 12.0 Å². The van der Waals surface area contributed by atoms with E-state index in [1.165, 1.54) is 4.90 Å². The lowest BCUT2D eigenvalue weighted by molar-refractivity contribution is -0.133. The number of carbonyl (C=O) groups is 2. The number of aliphatic hydroxyl groups is 1. The van der Waals surface area contributed by atoms with Crippen LogP contribution in [0.25, 0.3) is 11.4 Å². The fourth-order valence-electron chi connectivity index (χ4n) is 3.36. The minimum absolute atomic E-state index is 0.0378. The van der Waals surface area contributed by atoms with Crippen molar-refractivity contribution in [3.05, 3.63) is 35.5 Å². The van der Waals surface area contributed by atoms with E-state index in [0.29, 0.717) is 37.3 Å². The average molecular weight is 453 g/mol. The summed E-state index contributed by atoms with van der Waals surface area (Å²) >= 11 is 0. The number of likely N-dealkylation sites (N-methyl/N-ethyl adjacent to an activating group) is 1. The van der Waals surface area contributed by atoms with E-state index in [4.69, 9.17) is 32.5 Å². The number of benzene rings is 1. The van der Waals surface area contributed by atoms with Gasteiger partial charge in [-0.1, -0.05) is 18.1 Å². The first-order valence-electron chi connectivity index (χ1n) is 10.5. The number of amides is 2. The molecule has 10 heteroatoms. The topological polar surface area (TPSA) is 154 Å². The fraction of sp³-hybridized carbons (Fsp3) is 0.391. The third-order valence-electron chi connectivity index (χ3n) is 5.28. The largest absolute Gasteiger partial charge is 0.473 e. The van der Waals surface area contributed by atoms with Crippen LogP contribution >= 0.6 is 0 Å². The van der Waals surface area contributed by atoms with E-state index >= 15 is 0 Å². The molecule has 0 bridgehead atoms. The van der Waals surface area contributed by atoms with Crippen molar-refractivity contribution in [2.45, 2.75) is 31.5 Å². The Kier molecular flexibility index (Phi) is 7.82. The van der Waals surface area contributed by atoms with Gasteiger partial charge in [0.2, 0.25) is 5.88 Å². The molecule has 2 amide bonds. The maximum Gasteiger partial charge on any atom is 0.269 e. The quantitative estimate of drug-likeness (QED) is 0.568. The fourth-order valence-corrected chi connectivity index (χ4v) is 3.36. The van der Waals surface area contributed by atoms with Crippen molar-refractivity contribution in [1.29, 1.82) is 0 Å². The lowest BCUT2D eigenvalue weighted by Crippen LogP contribution is -2.27. The molecule has 2 aromatic rings. The van der Waals surface area contributed by atoms with Crippen molar-refractivity contribution < 1.29 is 24.2 Å². The Bertz CT molecular complexity index is 1050. The van der Waals surface area contributed by atoms with Crippen LogP contribution in [0.15, 0.2) is 24.3 Å². The number of terminal acetylenes is 1. The van der Waals surface area contributed by atoms with E-state index in [2.05, 4.69) is 15.9 Å². The molecular formula is C23H27N5O5. The molecule has 33 heavy (non-hydrogen) atoms. The van der Waals surface area contributed by atoms with Crippen molar-refractivity contribution in [3.63, 3.8) is 0 Å². The van der Waals surface area contributed by atoms with Crippen LogP contribution in [-0.2, 0) is 9.53 Å². The highest BCUT2D eigenvalue weighted by atomic mass is 16.5. The third kappa shape index (κ3) is 5.97. The zero-order valence-electron chi connectivity index (χ0n) is 18.4. The summed E-state index contributed by atoms with van der Waals surface area (Å²) in [6.07, 6.45) is 6.65. The van der Waals surface area contributed by atoms with E-state index in [1.54, 1.807) is 31.3 Å². The predicted molar refractivity (Wildman–Crippen MR) is 121 cm³/mol. The number of aliphatic hydroxyl groups excluding tert-OH is 1. The van der Waals surface area contributed by atoms with E-state index in [9.17, 15) is 9.59 Å². The molecule has 1 aromatic heterocycles. The summed E-state index contributed by atoms with van der Waals surface area (Å²) in [7, 11) is 1.69. The molecule has 174 valence electrons. The summed E-state index contributed by atoms with van der Waals surface area (Å²) in [5.41, 5.74) is 12.7. The van der Waals surface area contributed by atoms with Crippen molar-refractivity contribution in [2.75, 3.05) is 32.5 Å². The van der Waals surface area contributed by atoms with Gasteiger partial charge in [0.25, 0.3) is 11.8 Å². The van der Waals surface area contributed by atoms with Gasteiger partial charge in [-0.25, -0.2) is 4.98 Å². The second kappa shape index (κ2) is 10.8. The van der Waals surface area contributed by atoms with Gasteiger partial charge in [-0.05, 0) is 18.6 Å². The predicted octanol–water partition coefficient (Wildman–Crippen LogP) is 0.573. The second-order valence-corrected chi connectivity index (χ2v) is 7.70. The van der Waals surface area contributed by atoms with Crippen molar-refractivity contribution in [1.82, 2.24) is 14.9 Å². The first kappa shape index (κ1) is 24.0. The summed E-state index contributed by atoms with van der Waals surface area (Å²) < 4.78 is 11.2. The van der Waals surface area contributed by atoms with Crippen LogP contribution in [0, 0.1) is 12.3 Å². The number of likely N-dealkylation sites (tertiary alicyclic amines) is 1.